The molecule has 1 aliphatic carbocycles. The minimum atomic E-state index is -1.62. The van der Waals surface area contributed by atoms with Crippen LogP contribution in [0.3, 0.4) is 0 Å². The van der Waals surface area contributed by atoms with Crippen LogP contribution in [0.15, 0.2) is 60.7 Å². The highest BCUT2D eigenvalue weighted by Gasteiger charge is 2.79. The van der Waals surface area contributed by atoms with Gasteiger partial charge in [0.1, 0.15) is 23.4 Å². The molecule has 0 aromatic heterocycles. The fraction of sp³-hybridized carbons (Fsp3) is 0.367. The van der Waals surface area contributed by atoms with Crippen LogP contribution in [0.25, 0.3) is 0 Å². The Hall–Kier alpha value is -3.95. The summed E-state index contributed by atoms with van der Waals surface area (Å²) in [5, 5.41) is 26.0. The van der Waals surface area contributed by atoms with Crippen molar-refractivity contribution in [2.45, 2.75) is 30.1 Å². The molecule has 1 saturated carbocycles. The third-order valence-corrected chi connectivity index (χ3v) is 7.93. The number of aromatic hydroxyl groups is 1. The minimum Gasteiger partial charge on any atom is -0.504 e. The van der Waals surface area contributed by atoms with Crippen LogP contribution in [0, 0.1) is 5.92 Å². The van der Waals surface area contributed by atoms with Gasteiger partial charge in [-0.3, -0.25) is 4.79 Å². The molecule has 0 bridgehead atoms. The van der Waals surface area contributed by atoms with Crippen molar-refractivity contribution in [2.75, 3.05) is 35.0 Å². The number of amides is 1. The van der Waals surface area contributed by atoms with E-state index in [1.54, 1.807) is 24.3 Å². The van der Waals surface area contributed by atoms with E-state index in [4.69, 9.17) is 23.7 Å². The zero-order valence-corrected chi connectivity index (χ0v) is 22.6. The van der Waals surface area contributed by atoms with E-state index >= 15 is 0 Å². The summed E-state index contributed by atoms with van der Waals surface area (Å²) in [6, 6.07) is 17.7. The van der Waals surface area contributed by atoms with E-state index in [0.717, 1.165) is 5.56 Å². The lowest BCUT2D eigenvalue weighted by Crippen LogP contribution is -2.54. The van der Waals surface area contributed by atoms with E-state index in [0.29, 0.717) is 28.4 Å². The Morgan fingerprint density at radius 2 is 1.72 bits per heavy atom. The number of hydrogen-bond acceptors (Lipinski definition) is 8. The van der Waals surface area contributed by atoms with Crippen LogP contribution < -0.4 is 24.3 Å². The van der Waals surface area contributed by atoms with Crippen molar-refractivity contribution in [3.05, 3.63) is 77.4 Å². The summed E-state index contributed by atoms with van der Waals surface area (Å²) in [5.41, 5.74) is -1.44. The molecule has 5 rings (SSSR count). The van der Waals surface area contributed by atoms with E-state index in [-0.39, 0.29) is 24.0 Å². The molecular weight excluding hydrogens is 502 g/mol. The van der Waals surface area contributed by atoms with Gasteiger partial charge in [0.05, 0.1) is 32.8 Å². The predicted octanol–water partition coefficient (Wildman–Crippen LogP) is 3.46. The van der Waals surface area contributed by atoms with Crippen LogP contribution in [-0.2, 0) is 20.7 Å². The topological polar surface area (TPSA) is 116 Å². The Balaban J connectivity index is 1.95. The van der Waals surface area contributed by atoms with E-state index in [1.807, 2.05) is 37.3 Å². The molecule has 0 radical (unpaired) electrons. The van der Waals surface area contributed by atoms with E-state index in [2.05, 4.69) is 5.32 Å². The lowest BCUT2D eigenvalue weighted by Gasteiger charge is -2.43. The summed E-state index contributed by atoms with van der Waals surface area (Å²) in [5.74, 6) is -0.735. The number of fused-ring (bicyclic) bond motifs is 3. The quantitative estimate of drug-likeness (QED) is 0.402. The molecule has 1 heterocycles. The van der Waals surface area contributed by atoms with Gasteiger partial charge < -0.3 is 39.2 Å². The molecule has 3 N–H and O–H groups in total. The molecule has 5 unspecified atom stereocenters. The number of hydrogen-bond donors (Lipinski definition) is 3. The number of methoxy groups -OCH3 is 3. The van der Waals surface area contributed by atoms with Crippen molar-refractivity contribution < 1.29 is 38.7 Å². The molecule has 1 fully saturated rings. The zero-order valence-electron chi connectivity index (χ0n) is 22.6. The van der Waals surface area contributed by atoms with E-state index in [9.17, 15) is 15.0 Å². The predicted molar refractivity (Wildman–Crippen MR) is 143 cm³/mol. The molecule has 9 heteroatoms. The minimum absolute atomic E-state index is 0.122. The van der Waals surface area contributed by atoms with Crippen molar-refractivity contribution in [1.82, 2.24) is 5.32 Å². The maximum Gasteiger partial charge on any atom is 0.226 e. The fourth-order valence-electron chi connectivity index (χ4n) is 6.51. The molecule has 1 aliphatic heterocycles. The second kappa shape index (κ2) is 9.98. The smallest absolute Gasteiger partial charge is 0.226 e. The lowest BCUT2D eigenvalue weighted by molar-refractivity contribution is -0.187. The average molecular weight is 536 g/mol. The summed E-state index contributed by atoms with van der Waals surface area (Å²) in [7, 11) is 6.05. The van der Waals surface area contributed by atoms with Crippen molar-refractivity contribution >= 4 is 5.91 Å². The maximum absolute atomic E-state index is 13.6. The van der Waals surface area contributed by atoms with Gasteiger partial charge in [-0.15, -0.1) is 0 Å². The van der Waals surface area contributed by atoms with Gasteiger partial charge in [-0.1, -0.05) is 36.4 Å². The second-order valence-electron chi connectivity index (χ2n) is 9.57. The molecule has 0 saturated heterocycles. The number of ether oxygens (including phenoxy) is 5. The Morgan fingerprint density at radius 3 is 2.31 bits per heavy atom. The molecule has 206 valence electrons. The van der Waals surface area contributed by atoms with Crippen LogP contribution in [0.2, 0.25) is 0 Å². The van der Waals surface area contributed by atoms with Crippen molar-refractivity contribution in [2.24, 2.45) is 5.92 Å². The SMILES string of the molecule is CCOC12c3c(OC)cc(OC)cc3OC1(c1ccc(OC)c(O)c1)C(c1ccccc1)C(C(=O)NC)C2O. The highest BCUT2D eigenvalue weighted by Crippen LogP contribution is 2.72. The highest BCUT2D eigenvalue weighted by molar-refractivity contribution is 5.83. The Bertz CT molecular complexity index is 1380. The number of aliphatic hydroxyl groups is 1. The highest BCUT2D eigenvalue weighted by atomic mass is 16.6. The Kier molecular flexibility index (Phi) is 6.82. The summed E-state index contributed by atoms with van der Waals surface area (Å²) in [6.45, 7) is 2.00. The number of phenolic OH excluding ortho intramolecular Hbond substituents is 1. The number of nitrogens with one attached hydrogen (secondary N) is 1. The zero-order chi connectivity index (χ0) is 27.9. The normalized spacial score (nSPS) is 26.8. The average Bonchev–Trinajstić information content (AvgIpc) is 3.37. The fourth-order valence-corrected chi connectivity index (χ4v) is 6.51. The number of phenols is 1. The van der Waals surface area contributed by atoms with Gasteiger partial charge in [0, 0.05) is 37.3 Å². The Morgan fingerprint density at radius 1 is 1.00 bits per heavy atom. The molecule has 39 heavy (non-hydrogen) atoms. The van der Waals surface area contributed by atoms with Gasteiger partial charge in [0.25, 0.3) is 0 Å². The number of benzene rings is 3. The van der Waals surface area contributed by atoms with Gasteiger partial charge in [0.2, 0.25) is 5.91 Å². The van der Waals surface area contributed by atoms with Gasteiger partial charge in [0.15, 0.2) is 22.7 Å². The van der Waals surface area contributed by atoms with Gasteiger partial charge in [-0.2, -0.15) is 0 Å². The first-order valence-corrected chi connectivity index (χ1v) is 12.8. The molecule has 2 aliphatic rings. The first-order valence-electron chi connectivity index (χ1n) is 12.8. The van der Waals surface area contributed by atoms with Crippen molar-refractivity contribution in [3.8, 4) is 28.7 Å². The third-order valence-electron chi connectivity index (χ3n) is 7.93. The van der Waals surface area contributed by atoms with Gasteiger partial charge in [-0.05, 0) is 24.6 Å². The molecule has 5 atom stereocenters. The van der Waals surface area contributed by atoms with Gasteiger partial charge >= 0.3 is 0 Å². The molecule has 9 nitrogen and oxygen atoms in total. The monoisotopic (exact) mass is 535 g/mol. The van der Waals surface area contributed by atoms with Gasteiger partial charge in [-0.25, -0.2) is 0 Å². The number of aliphatic hydroxyl groups excluding tert-OH is 1. The van der Waals surface area contributed by atoms with Crippen LogP contribution in [0.1, 0.15) is 29.5 Å². The lowest BCUT2D eigenvalue weighted by atomic mass is 9.70. The first kappa shape index (κ1) is 26.6. The largest absolute Gasteiger partial charge is 0.504 e. The van der Waals surface area contributed by atoms with Crippen LogP contribution >= 0.6 is 0 Å². The van der Waals surface area contributed by atoms with Crippen molar-refractivity contribution in [3.63, 3.8) is 0 Å². The molecule has 3 aromatic carbocycles. The third kappa shape index (κ3) is 3.57. The number of carbonyl (C=O) groups is 1. The summed E-state index contributed by atoms with van der Waals surface area (Å²) >= 11 is 0. The summed E-state index contributed by atoms with van der Waals surface area (Å²) in [4.78, 5) is 13.6. The number of carbonyl (C=O) groups excluding carboxylic acids is 1. The van der Waals surface area contributed by atoms with E-state index < -0.39 is 29.1 Å². The first-order chi connectivity index (χ1) is 18.8. The second-order valence-corrected chi connectivity index (χ2v) is 9.57. The van der Waals surface area contributed by atoms with Crippen molar-refractivity contribution in [1.29, 1.82) is 0 Å². The van der Waals surface area contributed by atoms with Crippen LogP contribution in [0.4, 0.5) is 0 Å². The molecule has 1 amide bonds. The van der Waals surface area contributed by atoms with E-state index in [1.165, 1.54) is 34.4 Å². The van der Waals surface area contributed by atoms with Crippen LogP contribution in [0.5, 0.6) is 28.7 Å². The molecule has 0 spiro atoms. The Labute approximate surface area is 227 Å². The van der Waals surface area contributed by atoms with Crippen LogP contribution in [-0.4, -0.2) is 57.2 Å². The summed E-state index contributed by atoms with van der Waals surface area (Å²) in [6.07, 6.45) is -1.38. The standard InChI is InChI=1S/C30H33NO8/c1-6-38-30-26-22(37-5)15-19(35-3)16-23(26)39-29(30,18-12-13-21(36-4)20(32)14-18)25(17-10-8-7-9-11-17)24(27(30)33)28(34)31-2/h7-16,24-25,27,32-33H,6H2,1-5H3,(H,31,34). The molecule has 3 aromatic rings. The maximum atomic E-state index is 13.6. The summed E-state index contributed by atoms with van der Waals surface area (Å²) < 4.78 is 30.2. The molecular formula is C30H33NO8. The number of rotatable bonds is 8.